The lowest BCUT2D eigenvalue weighted by Crippen LogP contribution is -2.54. The van der Waals surface area contributed by atoms with Crippen molar-refractivity contribution in [2.24, 2.45) is 11.3 Å². The molecular weight excluding hydrogens is 224 g/mol. The van der Waals surface area contributed by atoms with Gasteiger partial charge in [0, 0.05) is 19.1 Å². The summed E-state index contributed by atoms with van der Waals surface area (Å²) in [5.41, 5.74) is -0.126. The van der Waals surface area contributed by atoms with Crippen LogP contribution in [0.4, 0.5) is 0 Å². The lowest BCUT2D eigenvalue weighted by Gasteiger charge is -2.46. The zero-order chi connectivity index (χ0) is 12.6. The van der Waals surface area contributed by atoms with Gasteiger partial charge in [0.05, 0.1) is 5.41 Å². The minimum absolute atomic E-state index is 0.126. The monoisotopic (exact) mass is 250 g/mol. The first kappa shape index (κ1) is 12.5. The van der Waals surface area contributed by atoms with Crippen LogP contribution in [0.1, 0.15) is 51.9 Å². The highest BCUT2D eigenvalue weighted by Crippen LogP contribution is 2.38. The normalized spacial score (nSPS) is 40.6. The van der Waals surface area contributed by atoms with Crippen molar-refractivity contribution in [3.63, 3.8) is 0 Å². The number of piperidine rings is 1. The van der Waals surface area contributed by atoms with Crippen LogP contribution < -0.4 is 5.32 Å². The van der Waals surface area contributed by atoms with Crippen LogP contribution >= 0.6 is 0 Å². The molecule has 1 N–H and O–H groups in total. The van der Waals surface area contributed by atoms with Gasteiger partial charge >= 0.3 is 0 Å². The van der Waals surface area contributed by atoms with Crippen molar-refractivity contribution < 1.29 is 4.79 Å². The first-order valence-electron chi connectivity index (χ1n) is 7.72. The van der Waals surface area contributed by atoms with Crippen LogP contribution in [0.5, 0.6) is 0 Å². The Hall–Kier alpha value is -0.570. The molecule has 2 heterocycles. The van der Waals surface area contributed by atoms with Gasteiger partial charge in [-0.05, 0) is 51.5 Å². The molecule has 3 rings (SSSR count). The summed E-state index contributed by atoms with van der Waals surface area (Å²) in [6.45, 7) is 5.04. The van der Waals surface area contributed by atoms with E-state index in [1.807, 2.05) is 0 Å². The fraction of sp³-hybridized carbons (Fsp3) is 0.933. The number of amides is 1. The number of carbonyl (C=O) groups is 1. The maximum absolute atomic E-state index is 12.9. The summed E-state index contributed by atoms with van der Waals surface area (Å²) in [5, 5.41) is 3.36. The highest BCUT2D eigenvalue weighted by Gasteiger charge is 2.44. The minimum Gasteiger partial charge on any atom is -0.339 e. The van der Waals surface area contributed by atoms with Gasteiger partial charge in [-0.15, -0.1) is 0 Å². The van der Waals surface area contributed by atoms with Gasteiger partial charge in [0.15, 0.2) is 0 Å². The summed E-state index contributed by atoms with van der Waals surface area (Å²) >= 11 is 0. The van der Waals surface area contributed by atoms with Crippen LogP contribution in [0.25, 0.3) is 0 Å². The lowest BCUT2D eigenvalue weighted by atomic mass is 9.76. The molecule has 3 heteroatoms. The standard InChI is InChI=1S/C15H26N2O/c1-15(8-9-16-11-15)14(18)17-10-4-6-12-5-2-3-7-13(12)17/h12-13,16H,2-11H2,1H3. The highest BCUT2D eigenvalue weighted by molar-refractivity contribution is 5.83. The van der Waals surface area contributed by atoms with Crippen LogP contribution in [0.15, 0.2) is 0 Å². The molecule has 2 aliphatic heterocycles. The van der Waals surface area contributed by atoms with E-state index < -0.39 is 0 Å². The summed E-state index contributed by atoms with van der Waals surface area (Å²) < 4.78 is 0. The molecule has 0 aromatic rings. The Morgan fingerprint density at radius 3 is 2.78 bits per heavy atom. The Labute approximate surface area is 110 Å². The fourth-order valence-corrected chi connectivity index (χ4v) is 4.22. The summed E-state index contributed by atoms with van der Waals surface area (Å²) in [5.74, 6) is 1.23. The molecule has 3 fully saturated rings. The Kier molecular flexibility index (Phi) is 3.35. The van der Waals surface area contributed by atoms with Crippen molar-refractivity contribution in [3.8, 4) is 0 Å². The molecule has 3 aliphatic rings. The van der Waals surface area contributed by atoms with Crippen LogP contribution in [-0.4, -0.2) is 36.5 Å². The number of carbonyl (C=O) groups excluding carboxylic acids is 1. The third-order valence-corrected chi connectivity index (χ3v) is 5.39. The molecule has 0 aromatic carbocycles. The molecule has 0 bridgehead atoms. The molecule has 3 nitrogen and oxygen atoms in total. The van der Waals surface area contributed by atoms with Gasteiger partial charge < -0.3 is 10.2 Å². The van der Waals surface area contributed by atoms with Crippen LogP contribution in [0.2, 0.25) is 0 Å². The van der Waals surface area contributed by atoms with Gasteiger partial charge in [-0.2, -0.15) is 0 Å². The molecule has 18 heavy (non-hydrogen) atoms. The van der Waals surface area contributed by atoms with Gasteiger partial charge in [0.1, 0.15) is 0 Å². The van der Waals surface area contributed by atoms with E-state index in [0.717, 1.165) is 32.0 Å². The molecule has 0 radical (unpaired) electrons. The van der Waals surface area contributed by atoms with Gasteiger partial charge in [-0.25, -0.2) is 0 Å². The summed E-state index contributed by atoms with van der Waals surface area (Å²) in [4.78, 5) is 15.1. The Balaban J connectivity index is 1.75. The smallest absolute Gasteiger partial charge is 0.230 e. The van der Waals surface area contributed by atoms with E-state index in [0.29, 0.717) is 11.9 Å². The second kappa shape index (κ2) is 4.84. The number of hydrogen-bond donors (Lipinski definition) is 1. The molecule has 0 spiro atoms. The predicted octanol–water partition coefficient (Wildman–Crippen LogP) is 2.17. The van der Waals surface area contributed by atoms with Gasteiger partial charge in [0.2, 0.25) is 5.91 Å². The molecule has 102 valence electrons. The van der Waals surface area contributed by atoms with Gasteiger partial charge in [0.25, 0.3) is 0 Å². The molecular formula is C15H26N2O. The van der Waals surface area contributed by atoms with E-state index >= 15 is 0 Å². The van der Waals surface area contributed by atoms with Crippen LogP contribution in [0.3, 0.4) is 0 Å². The SMILES string of the molecule is CC1(C(=O)N2CCCC3CCCCC32)CCNC1. The quantitative estimate of drug-likeness (QED) is 0.773. The average Bonchev–Trinajstić information content (AvgIpc) is 2.85. The van der Waals surface area contributed by atoms with Crippen molar-refractivity contribution in [2.45, 2.75) is 57.9 Å². The molecule has 1 amide bonds. The second-order valence-corrected chi connectivity index (χ2v) is 6.74. The van der Waals surface area contributed by atoms with Crippen molar-refractivity contribution in [1.29, 1.82) is 0 Å². The number of rotatable bonds is 1. The molecule has 1 aliphatic carbocycles. The third kappa shape index (κ3) is 2.07. The number of nitrogens with one attached hydrogen (secondary N) is 1. The zero-order valence-corrected chi connectivity index (χ0v) is 11.6. The Morgan fingerprint density at radius 1 is 1.22 bits per heavy atom. The van der Waals surface area contributed by atoms with E-state index in [2.05, 4.69) is 17.1 Å². The van der Waals surface area contributed by atoms with E-state index in [1.165, 1.54) is 38.5 Å². The largest absolute Gasteiger partial charge is 0.339 e. The molecule has 0 aromatic heterocycles. The van der Waals surface area contributed by atoms with Crippen molar-refractivity contribution in [1.82, 2.24) is 10.2 Å². The van der Waals surface area contributed by atoms with E-state index in [4.69, 9.17) is 0 Å². The summed E-state index contributed by atoms with van der Waals surface area (Å²) in [7, 11) is 0. The maximum atomic E-state index is 12.9. The molecule has 2 saturated heterocycles. The van der Waals surface area contributed by atoms with Crippen molar-refractivity contribution >= 4 is 5.91 Å². The van der Waals surface area contributed by atoms with Crippen LogP contribution in [0, 0.1) is 11.3 Å². The second-order valence-electron chi connectivity index (χ2n) is 6.74. The third-order valence-electron chi connectivity index (χ3n) is 5.39. The van der Waals surface area contributed by atoms with Crippen molar-refractivity contribution in [3.05, 3.63) is 0 Å². The highest BCUT2D eigenvalue weighted by atomic mass is 16.2. The number of likely N-dealkylation sites (tertiary alicyclic amines) is 1. The summed E-state index contributed by atoms with van der Waals surface area (Å²) in [6, 6.07) is 0.567. The zero-order valence-electron chi connectivity index (χ0n) is 11.6. The van der Waals surface area contributed by atoms with Gasteiger partial charge in [-0.3, -0.25) is 4.79 Å². The number of hydrogen-bond acceptors (Lipinski definition) is 2. The maximum Gasteiger partial charge on any atom is 0.230 e. The average molecular weight is 250 g/mol. The predicted molar refractivity (Wildman–Crippen MR) is 72.3 cm³/mol. The van der Waals surface area contributed by atoms with E-state index in [1.54, 1.807) is 0 Å². The Bertz CT molecular complexity index is 320. The van der Waals surface area contributed by atoms with Gasteiger partial charge in [-0.1, -0.05) is 12.8 Å². The number of fused-ring (bicyclic) bond motifs is 1. The topological polar surface area (TPSA) is 32.3 Å². The van der Waals surface area contributed by atoms with Crippen LogP contribution in [-0.2, 0) is 4.79 Å². The molecule has 3 atom stereocenters. The van der Waals surface area contributed by atoms with E-state index in [-0.39, 0.29) is 5.41 Å². The molecule has 1 saturated carbocycles. The lowest BCUT2D eigenvalue weighted by molar-refractivity contribution is -0.146. The van der Waals surface area contributed by atoms with Crippen molar-refractivity contribution in [2.75, 3.05) is 19.6 Å². The summed E-state index contributed by atoms with van der Waals surface area (Å²) in [6.07, 6.45) is 8.88. The first-order chi connectivity index (χ1) is 8.71. The minimum atomic E-state index is -0.126. The Morgan fingerprint density at radius 2 is 2.00 bits per heavy atom. The molecule has 3 unspecified atom stereocenters. The fourth-order valence-electron chi connectivity index (χ4n) is 4.22. The first-order valence-corrected chi connectivity index (χ1v) is 7.72. The van der Waals surface area contributed by atoms with E-state index in [9.17, 15) is 4.79 Å². The number of nitrogens with zero attached hydrogens (tertiary/aromatic N) is 1.